The molecule has 0 aliphatic heterocycles. The first-order valence-electron chi connectivity index (χ1n) is 8.49. The lowest BCUT2D eigenvalue weighted by Gasteiger charge is -2.09. The predicted octanol–water partition coefficient (Wildman–Crippen LogP) is 3.01. The SMILES string of the molecule is CCc1ncnc(-c2ccc(C(=O)OC)c(F)c2)c1C#Cc1ccc(N)nc1. The molecule has 0 saturated heterocycles. The third-order valence-electron chi connectivity index (χ3n) is 4.03. The Morgan fingerprint density at radius 2 is 2.00 bits per heavy atom. The molecule has 0 atom stereocenters. The van der Waals surface area contributed by atoms with E-state index in [1.165, 1.54) is 25.6 Å². The summed E-state index contributed by atoms with van der Waals surface area (Å²) in [5, 5.41) is 0. The fourth-order valence-electron chi connectivity index (χ4n) is 2.59. The van der Waals surface area contributed by atoms with Gasteiger partial charge in [0.15, 0.2) is 0 Å². The molecule has 3 rings (SSSR count). The average Bonchev–Trinajstić information content (AvgIpc) is 2.72. The maximum Gasteiger partial charge on any atom is 0.340 e. The number of aryl methyl sites for hydroxylation is 1. The summed E-state index contributed by atoms with van der Waals surface area (Å²) in [6.45, 7) is 1.95. The van der Waals surface area contributed by atoms with Crippen molar-refractivity contribution in [2.24, 2.45) is 0 Å². The van der Waals surface area contributed by atoms with E-state index in [1.54, 1.807) is 24.4 Å². The highest BCUT2D eigenvalue weighted by Gasteiger charge is 2.16. The summed E-state index contributed by atoms with van der Waals surface area (Å²) < 4.78 is 19.0. The van der Waals surface area contributed by atoms with Gasteiger partial charge in [0.1, 0.15) is 18.0 Å². The van der Waals surface area contributed by atoms with Crippen LogP contribution in [0.25, 0.3) is 11.3 Å². The van der Waals surface area contributed by atoms with Crippen molar-refractivity contribution in [2.75, 3.05) is 12.8 Å². The Morgan fingerprint density at radius 1 is 1.18 bits per heavy atom. The number of hydrogen-bond acceptors (Lipinski definition) is 6. The number of aromatic nitrogens is 3. The molecule has 0 amide bonds. The average molecular weight is 376 g/mol. The number of carbonyl (C=O) groups excluding carboxylic acids is 1. The van der Waals surface area contributed by atoms with Gasteiger partial charge in [-0.05, 0) is 30.7 Å². The van der Waals surface area contributed by atoms with E-state index in [9.17, 15) is 9.18 Å². The Kier molecular flexibility index (Phi) is 5.61. The van der Waals surface area contributed by atoms with Crippen molar-refractivity contribution >= 4 is 11.8 Å². The lowest BCUT2D eigenvalue weighted by atomic mass is 10.0. The largest absolute Gasteiger partial charge is 0.465 e. The summed E-state index contributed by atoms with van der Waals surface area (Å²) in [5.74, 6) is 5.05. The third kappa shape index (κ3) is 3.96. The predicted molar refractivity (Wildman–Crippen MR) is 103 cm³/mol. The number of nitrogens with zero attached hydrogens (tertiary/aromatic N) is 3. The van der Waals surface area contributed by atoms with Crippen LogP contribution in [0, 0.1) is 17.7 Å². The number of pyridine rings is 1. The maximum atomic E-state index is 14.4. The minimum Gasteiger partial charge on any atom is -0.465 e. The molecule has 0 aliphatic carbocycles. The molecular weight excluding hydrogens is 359 g/mol. The molecule has 2 N–H and O–H groups in total. The molecule has 2 aromatic heterocycles. The standard InChI is InChI=1S/C21H17FN4O2/c1-3-18-16(7-4-13-5-9-19(23)24-11-13)20(26-12-25-18)14-6-8-15(17(22)10-14)21(27)28-2/h5-6,8-12H,3H2,1-2H3,(H2,23,24). The number of anilines is 1. The van der Waals surface area contributed by atoms with Crippen LogP contribution in [-0.4, -0.2) is 28.0 Å². The summed E-state index contributed by atoms with van der Waals surface area (Å²) in [7, 11) is 1.20. The van der Waals surface area contributed by atoms with Crippen molar-refractivity contribution in [1.82, 2.24) is 15.0 Å². The lowest BCUT2D eigenvalue weighted by molar-refractivity contribution is 0.0595. The molecule has 1 aromatic carbocycles. The van der Waals surface area contributed by atoms with Gasteiger partial charge in [0.05, 0.1) is 29.6 Å². The summed E-state index contributed by atoms with van der Waals surface area (Å²) in [5.41, 5.74) is 8.42. The molecule has 0 bridgehead atoms. The molecule has 0 spiro atoms. The van der Waals surface area contributed by atoms with Crippen molar-refractivity contribution in [2.45, 2.75) is 13.3 Å². The number of esters is 1. The molecule has 140 valence electrons. The number of methoxy groups -OCH3 is 1. The van der Waals surface area contributed by atoms with Crippen molar-refractivity contribution in [3.05, 3.63) is 71.1 Å². The Bertz CT molecular complexity index is 1090. The first-order chi connectivity index (χ1) is 13.5. The summed E-state index contributed by atoms with van der Waals surface area (Å²) in [6.07, 6.45) is 3.61. The van der Waals surface area contributed by atoms with Gasteiger partial charge in [-0.2, -0.15) is 0 Å². The van der Waals surface area contributed by atoms with Gasteiger partial charge in [-0.3, -0.25) is 0 Å². The zero-order valence-electron chi connectivity index (χ0n) is 15.4. The van der Waals surface area contributed by atoms with E-state index in [0.29, 0.717) is 34.6 Å². The minimum atomic E-state index is -0.739. The van der Waals surface area contributed by atoms with E-state index in [0.717, 1.165) is 5.69 Å². The maximum absolute atomic E-state index is 14.4. The molecule has 7 heteroatoms. The van der Waals surface area contributed by atoms with Crippen molar-refractivity contribution in [1.29, 1.82) is 0 Å². The van der Waals surface area contributed by atoms with Crippen molar-refractivity contribution < 1.29 is 13.9 Å². The van der Waals surface area contributed by atoms with Gasteiger partial charge in [-0.1, -0.05) is 24.8 Å². The van der Waals surface area contributed by atoms with E-state index < -0.39 is 11.8 Å². The van der Waals surface area contributed by atoms with Crippen LogP contribution in [0.1, 0.15) is 34.1 Å². The number of halogens is 1. The topological polar surface area (TPSA) is 91.0 Å². The van der Waals surface area contributed by atoms with E-state index in [4.69, 9.17) is 5.73 Å². The van der Waals surface area contributed by atoms with Gasteiger partial charge in [-0.15, -0.1) is 0 Å². The van der Waals surface area contributed by atoms with Crippen LogP contribution >= 0.6 is 0 Å². The number of carbonyl (C=O) groups is 1. The molecule has 6 nitrogen and oxygen atoms in total. The summed E-state index contributed by atoms with van der Waals surface area (Å²) in [6, 6.07) is 7.63. The smallest absolute Gasteiger partial charge is 0.340 e. The molecule has 0 fully saturated rings. The second-order valence-corrected chi connectivity index (χ2v) is 5.81. The Labute approximate surface area is 161 Å². The minimum absolute atomic E-state index is 0.142. The van der Waals surface area contributed by atoms with Crippen LogP contribution in [0.3, 0.4) is 0 Å². The first-order valence-corrected chi connectivity index (χ1v) is 8.49. The van der Waals surface area contributed by atoms with E-state index in [2.05, 4.69) is 31.5 Å². The number of ether oxygens (including phenoxy) is 1. The normalized spacial score (nSPS) is 10.1. The Balaban J connectivity index is 2.09. The fraction of sp³-hybridized carbons (Fsp3) is 0.143. The summed E-state index contributed by atoms with van der Waals surface area (Å²) in [4.78, 5) is 24.2. The van der Waals surface area contributed by atoms with Gasteiger partial charge >= 0.3 is 5.97 Å². The lowest BCUT2D eigenvalue weighted by Crippen LogP contribution is -2.05. The number of nitrogen functional groups attached to an aromatic ring is 1. The molecular formula is C21H17FN4O2. The molecule has 0 radical (unpaired) electrons. The highest BCUT2D eigenvalue weighted by molar-refractivity contribution is 5.90. The molecule has 28 heavy (non-hydrogen) atoms. The molecule has 3 aromatic rings. The van der Waals surface area contributed by atoms with Gasteiger partial charge in [0.2, 0.25) is 0 Å². The number of nitrogens with two attached hydrogens (primary N) is 1. The number of rotatable bonds is 3. The molecule has 2 heterocycles. The highest BCUT2D eigenvalue weighted by atomic mass is 19.1. The van der Waals surface area contributed by atoms with Crippen LogP contribution in [-0.2, 0) is 11.2 Å². The summed E-state index contributed by atoms with van der Waals surface area (Å²) >= 11 is 0. The second kappa shape index (κ2) is 8.27. The van der Waals surface area contributed by atoms with Crippen molar-refractivity contribution in [3.8, 4) is 23.1 Å². The van der Waals surface area contributed by atoms with Gasteiger partial charge in [-0.25, -0.2) is 24.1 Å². The van der Waals surface area contributed by atoms with Gasteiger partial charge in [0, 0.05) is 17.3 Å². The number of benzene rings is 1. The Hall–Kier alpha value is -3.79. The molecule has 0 unspecified atom stereocenters. The van der Waals surface area contributed by atoms with Crippen molar-refractivity contribution in [3.63, 3.8) is 0 Å². The van der Waals surface area contributed by atoms with E-state index in [1.807, 2.05) is 6.92 Å². The zero-order chi connectivity index (χ0) is 20.1. The monoisotopic (exact) mass is 376 g/mol. The second-order valence-electron chi connectivity index (χ2n) is 5.81. The van der Waals surface area contributed by atoms with Crippen LogP contribution in [0.15, 0.2) is 42.9 Å². The zero-order valence-corrected chi connectivity index (χ0v) is 15.4. The van der Waals surface area contributed by atoms with Crippen LogP contribution < -0.4 is 5.73 Å². The highest BCUT2D eigenvalue weighted by Crippen LogP contribution is 2.25. The first kappa shape index (κ1) is 19.0. The third-order valence-corrected chi connectivity index (χ3v) is 4.03. The quantitative estimate of drug-likeness (QED) is 0.558. The Morgan fingerprint density at radius 3 is 2.64 bits per heavy atom. The fourth-order valence-corrected chi connectivity index (χ4v) is 2.59. The molecule has 0 aliphatic rings. The van der Waals surface area contributed by atoms with Crippen LogP contribution in [0.5, 0.6) is 0 Å². The van der Waals surface area contributed by atoms with E-state index >= 15 is 0 Å². The molecule has 0 saturated carbocycles. The number of hydrogen-bond donors (Lipinski definition) is 1. The van der Waals surface area contributed by atoms with Gasteiger partial charge < -0.3 is 10.5 Å². The van der Waals surface area contributed by atoms with Crippen LogP contribution in [0.4, 0.5) is 10.2 Å². The van der Waals surface area contributed by atoms with E-state index in [-0.39, 0.29) is 5.56 Å². The van der Waals surface area contributed by atoms with Gasteiger partial charge in [0.25, 0.3) is 0 Å². The van der Waals surface area contributed by atoms with Crippen LogP contribution in [0.2, 0.25) is 0 Å².